The Labute approximate surface area is 199 Å². The predicted molar refractivity (Wildman–Crippen MR) is 134 cm³/mol. The van der Waals surface area contributed by atoms with Gasteiger partial charge in [0.25, 0.3) is 5.56 Å². The molecular formula is C24H22N10O. The molecular weight excluding hydrogens is 444 g/mol. The van der Waals surface area contributed by atoms with E-state index in [0.717, 1.165) is 27.9 Å². The van der Waals surface area contributed by atoms with Crippen molar-refractivity contribution in [2.45, 2.75) is 20.4 Å². The van der Waals surface area contributed by atoms with E-state index in [1.807, 2.05) is 62.4 Å². The Morgan fingerprint density at radius 1 is 1.00 bits per heavy atom. The Morgan fingerprint density at radius 3 is 2.63 bits per heavy atom. The minimum atomic E-state index is -0.0778. The predicted octanol–water partition coefficient (Wildman–Crippen LogP) is 1.65. The molecule has 4 heterocycles. The quantitative estimate of drug-likeness (QED) is 0.313. The summed E-state index contributed by atoms with van der Waals surface area (Å²) in [7, 11) is 0. The zero-order chi connectivity index (χ0) is 24.1. The van der Waals surface area contributed by atoms with Gasteiger partial charge in [-0.2, -0.15) is 5.10 Å². The lowest BCUT2D eigenvalue weighted by molar-refractivity contribution is 0.577. The molecule has 2 aromatic carbocycles. The number of nitrogens with zero attached hydrogens (tertiary/aromatic N) is 6. The van der Waals surface area contributed by atoms with Gasteiger partial charge in [-0.25, -0.2) is 20.2 Å². The molecule has 11 heteroatoms. The summed E-state index contributed by atoms with van der Waals surface area (Å²) < 4.78 is 3.48. The highest BCUT2D eigenvalue weighted by molar-refractivity contribution is 6.10. The smallest absolute Gasteiger partial charge is 0.263 e. The lowest BCUT2D eigenvalue weighted by atomic mass is 10.1. The van der Waals surface area contributed by atoms with Crippen LogP contribution in [0.25, 0.3) is 27.5 Å². The minimum absolute atomic E-state index is 0.0778. The van der Waals surface area contributed by atoms with Crippen molar-refractivity contribution in [2.24, 2.45) is 5.10 Å². The summed E-state index contributed by atoms with van der Waals surface area (Å²) in [6.45, 7) is 4.22. The van der Waals surface area contributed by atoms with Crippen LogP contribution >= 0.6 is 0 Å². The molecule has 5 aromatic rings. The van der Waals surface area contributed by atoms with Gasteiger partial charge in [0, 0.05) is 5.69 Å². The number of nitrogen functional groups attached to an aromatic ring is 1. The Morgan fingerprint density at radius 2 is 1.83 bits per heavy atom. The third-order valence-electron chi connectivity index (χ3n) is 6.19. The van der Waals surface area contributed by atoms with Crippen LogP contribution in [0.4, 0.5) is 5.82 Å². The number of hydrogen-bond acceptors (Lipinski definition) is 9. The molecule has 0 saturated carbocycles. The van der Waals surface area contributed by atoms with E-state index in [2.05, 4.69) is 31.6 Å². The van der Waals surface area contributed by atoms with Crippen LogP contribution in [0.5, 0.6) is 0 Å². The van der Waals surface area contributed by atoms with Crippen LogP contribution in [-0.2, 0) is 6.54 Å². The lowest BCUT2D eigenvalue weighted by Crippen LogP contribution is -2.35. The average molecular weight is 467 g/mol. The second-order valence-electron chi connectivity index (χ2n) is 8.39. The molecule has 0 bridgehead atoms. The number of hydrazone groups is 1. The second kappa shape index (κ2) is 7.92. The van der Waals surface area contributed by atoms with Crippen LogP contribution in [-0.4, -0.2) is 30.2 Å². The van der Waals surface area contributed by atoms with E-state index in [0.29, 0.717) is 27.9 Å². The number of aryl methyl sites for hydroxylation is 2. The van der Waals surface area contributed by atoms with Crippen LogP contribution in [0.15, 0.2) is 64.8 Å². The zero-order valence-electron chi connectivity index (χ0n) is 19.1. The first-order valence-corrected chi connectivity index (χ1v) is 11.0. The molecule has 174 valence electrons. The van der Waals surface area contributed by atoms with Gasteiger partial charge in [-0.1, -0.05) is 36.4 Å². The summed E-state index contributed by atoms with van der Waals surface area (Å²) in [5.74, 6) is 0.749. The molecule has 0 fully saturated rings. The number of pyridine rings is 1. The Hall–Kier alpha value is -4.77. The summed E-state index contributed by atoms with van der Waals surface area (Å²) in [6.07, 6.45) is 1.40. The number of nitrogens with one attached hydrogen (secondary N) is 3. The largest absolute Gasteiger partial charge is 0.383 e. The summed E-state index contributed by atoms with van der Waals surface area (Å²) in [6, 6.07) is 15.7. The van der Waals surface area contributed by atoms with Crippen LogP contribution in [0.3, 0.4) is 0 Å². The SMILES string of the molecule is Cc1ccccc1-n1c(Cn2nc(C3=NNNN3)c3c(N)ncnc32)cc2cccc(C)c2c1=O. The molecule has 0 spiro atoms. The normalized spacial score (nSPS) is 13.1. The van der Waals surface area contributed by atoms with Crippen LogP contribution < -0.4 is 27.8 Å². The lowest BCUT2D eigenvalue weighted by Gasteiger charge is -2.17. The topological polar surface area (TPSA) is 140 Å². The number of amidine groups is 1. The maximum atomic E-state index is 13.9. The summed E-state index contributed by atoms with van der Waals surface area (Å²) >= 11 is 0. The molecule has 0 atom stereocenters. The van der Waals surface area contributed by atoms with E-state index >= 15 is 0 Å². The molecule has 0 radical (unpaired) electrons. The summed E-state index contributed by atoms with van der Waals surface area (Å²) in [4.78, 5) is 22.5. The van der Waals surface area contributed by atoms with Gasteiger partial charge in [-0.3, -0.25) is 14.8 Å². The fraction of sp³-hybridized carbons (Fsp3) is 0.125. The van der Waals surface area contributed by atoms with Gasteiger partial charge in [0.2, 0.25) is 0 Å². The summed E-state index contributed by atoms with van der Waals surface area (Å²) in [5, 5.41) is 11.1. The second-order valence-corrected chi connectivity index (χ2v) is 8.39. The molecule has 6 rings (SSSR count). The Balaban J connectivity index is 1.62. The van der Waals surface area contributed by atoms with E-state index in [1.165, 1.54) is 6.33 Å². The first kappa shape index (κ1) is 20.8. The van der Waals surface area contributed by atoms with Crippen molar-refractivity contribution in [3.05, 3.63) is 87.7 Å². The van der Waals surface area contributed by atoms with Crippen molar-refractivity contribution in [2.75, 3.05) is 5.73 Å². The molecule has 0 unspecified atom stereocenters. The van der Waals surface area contributed by atoms with E-state index in [9.17, 15) is 4.79 Å². The molecule has 0 amide bonds. The van der Waals surface area contributed by atoms with Crippen molar-refractivity contribution in [3.8, 4) is 5.69 Å². The molecule has 0 aliphatic carbocycles. The molecule has 1 aliphatic heterocycles. The van der Waals surface area contributed by atoms with Crippen molar-refractivity contribution >= 4 is 33.5 Å². The van der Waals surface area contributed by atoms with E-state index in [4.69, 9.17) is 10.8 Å². The van der Waals surface area contributed by atoms with Crippen molar-refractivity contribution < 1.29 is 0 Å². The molecule has 11 nitrogen and oxygen atoms in total. The van der Waals surface area contributed by atoms with Crippen molar-refractivity contribution in [1.82, 2.24) is 40.8 Å². The van der Waals surface area contributed by atoms with Gasteiger partial charge in [0.15, 0.2) is 11.5 Å². The Bertz CT molecular complexity index is 1720. The standard InChI is InChI=1S/C24H22N10O/c1-13-6-3-4-9-17(13)34-16(10-15-8-5-7-14(2)18(15)24(34)35)11-33-23-19(21(25)26-12-27-23)20(30-33)22-28-31-32-29-22/h3-10,12,31-32H,11H2,1-2H3,(H,28,29)(H2,25,26,27). The highest BCUT2D eigenvalue weighted by atomic mass is 16.1. The average Bonchev–Trinajstić information content (AvgIpc) is 3.49. The fourth-order valence-corrected chi connectivity index (χ4v) is 4.55. The highest BCUT2D eigenvalue weighted by Crippen LogP contribution is 2.25. The van der Waals surface area contributed by atoms with Gasteiger partial charge in [-0.05, 0) is 42.5 Å². The van der Waals surface area contributed by atoms with Crippen molar-refractivity contribution in [1.29, 1.82) is 0 Å². The number of anilines is 1. The number of benzene rings is 2. The number of aromatic nitrogens is 5. The van der Waals surface area contributed by atoms with E-state index < -0.39 is 0 Å². The number of rotatable bonds is 4. The maximum absolute atomic E-state index is 13.9. The first-order valence-electron chi connectivity index (χ1n) is 11.0. The monoisotopic (exact) mass is 466 g/mol. The molecule has 0 saturated heterocycles. The molecule has 5 N–H and O–H groups in total. The number of nitrogens with two attached hydrogens (primary N) is 1. The third kappa shape index (κ3) is 3.28. The maximum Gasteiger partial charge on any atom is 0.263 e. The minimum Gasteiger partial charge on any atom is -0.383 e. The number of hydrazine groups is 2. The van der Waals surface area contributed by atoms with Gasteiger partial charge >= 0.3 is 0 Å². The van der Waals surface area contributed by atoms with Crippen LogP contribution in [0.2, 0.25) is 0 Å². The summed E-state index contributed by atoms with van der Waals surface area (Å²) in [5.41, 5.74) is 18.9. The van der Waals surface area contributed by atoms with Gasteiger partial charge in [-0.15, -0.1) is 10.6 Å². The first-order chi connectivity index (χ1) is 17.0. The van der Waals surface area contributed by atoms with Crippen LogP contribution in [0, 0.1) is 13.8 Å². The molecule has 3 aromatic heterocycles. The zero-order valence-corrected chi connectivity index (χ0v) is 19.1. The van der Waals surface area contributed by atoms with Crippen LogP contribution in [0.1, 0.15) is 22.5 Å². The Kier molecular flexibility index (Phi) is 4.71. The van der Waals surface area contributed by atoms with Gasteiger partial charge in [0.1, 0.15) is 17.8 Å². The number of para-hydroxylation sites is 1. The third-order valence-corrected chi connectivity index (χ3v) is 6.19. The molecule has 1 aliphatic rings. The number of hydrogen-bond donors (Lipinski definition) is 4. The molecule has 35 heavy (non-hydrogen) atoms. The van der Waals surface area contributed by atoms with Gasteiger partial charge in [0.05, 0.1) is 23.0 Å². The van der Waals surface area contributed by atoms with E-state index in [1.54, 1.807) is 9.25 Å². The highest BCUT2D eigenvalue weighted by Gasteiger charge is 2.23. The number of fused-ring (bicyclic) bond motifs is 2. The van der Waals surface area contributed by atoms with Gasteiger partial charge < -0.3 is 5.73 Å². The van der Waals surface area contributed by atoms with Crippen molar-refractivity contribution in [3.63, 3.8) is 0 Å². The van der Waals surface area contributed by atoms with E-state index in [-0.39, 0.29) is 17.9 Å². The fourth-order valence-electron chi connectivity index (χ4n) is 4.55.